The van der Waals surface area contributed by atoms with Gasteiger partial charge in [-0.15, -0.1) is 0 Å². The standard InChI is InChI=1S/C26H31ClN2O6/c1-6-35-19-12-11-16(15-18(19)27)23(30)21-22(17-9-7-10-20(33-4)25(17)34-5)29(26(32)24(21)31)14-8-13-28(2)3/h7,9-12,15,22,30H,6,8,13-14H2,1-5H3/b23-21+. The van der Waals surface area contributed by atoms with Crippen molar-refractivity contribution in [1.29, 1.82) is 0 Å². The molecule has 2 aromatic rings. The molecule has 0 saturated carbocycles. The SMILES string of the molecule is CCOc1ccc(/C([O-])=C2\C(=O)C(=O)N(CCC[NH+](C)C)C2c2cccc(OC)c2OC)cc1Cl. The van der Waals surface area contributed by atoms with Crippen LogP contribution in [0.1, 0.15) is 30.5 Å². The van der Waals surface area contributed by atoms with Gasteiger partial charge in [0.1, 0.15) is 5.75 Å². The highest BCUT2D eigenvalue weighted by Crippen LogP contribution is 2.45. The quantitative estimate of drug-likeness (QED) is 0.301. The summed E-state index contributed by atoms with van der Waals surface area (Å²) < 4.78 is 16.5. The number of Topliss-reactive ketones (excluding diaryl/α,β-unsaturated/α-hetero) is 1. The van der Waals surface area contributed by atoms with Crippen molar-refractivity contribution in [1.82, 2.24) is 4.90 Å². The lowest BCUT2D eigenvalue weighted by atomic mass is 9.94. The Hall–Kier alpha value is -3.23. The van der Waals surface area contributed by atoms with Crippen molar-refractivity contribution in [3.63, 3.8) is 0 Å². The average Bonchev–Trinajstić information content (AvgIpc) is 3.09. The lowest BCUT2D eigenvalue weighted by Crippen LogP contribution is -3.05. The maximum Gasteiger partial charge on any atom is 0.295 e. The summed E-state index contributed by atoms with van der Waals surface area (Å²) in [5, 5.41) is 13.9. The van der Waals surface area contributed by atoms with E-state index < -0.39 is 23.5 Å². The molecule has 1 fully saturated rings. The van der Waals surface area contributed by atoms with Crippen LogP contribution in [0.15, 0.2) is 42.0 Å². The summed E-state index contributed by atoms with van der Waals surface area (Å²) in [5.41, 5.74) is 0.559. The smallest absolute Gasteiger partial charge is 0.295 e. The van der Waals surface area contributed by atoms with E-state index in [9.17, 15) is 14.7 Å². The third-order valence-electron chi connectivity index (χ3n) is 5.83. The van der Waals surface area contributed by atoms with Crippen molar-refractivity contribution >= 4 is 29.1 Å². The van der Waals surface area contributed by atoms with Crippen molar-refractivity contribution < 1.29 is 33.8 Å². The van der Waals surface area contributed by atoms with Gasteiger partial charge in [0.15, 0.2) is 11.5 Å². The monoisotopic (exact) mass is 502 g/mol. The molecule has 0 bridgehead atoms. The summed E-state index contributed by atoms with van der Waals surface area (Å²) in [6, 6.07) is 8.85. The molecule has 1 unspecified atom stereocenters. The van der Waals surface area contributed by atoms with Gasteiger partial charge in [0.2, 0.25) is 5.78 Å². The third kappa shape index (κ3) is 5.39. The minimum atomic E-state index is -0.921. The minimum Gasteiger partial charge on any atom is -0.872 e. The number of carbonyl (C=O) groups is 2. The van der Waals surface area contributed by atoms with Gasteiger partial charge in [-0.1, -0.05) is 35.6 Å². The first-order valence-corrected chi connectivity index (χ1v) is 11.8. The van der Waals surface area contributed by atoms with Crippen LogP contribution >= 0.6 is 11.6 Å². The number of hydrogen-bond donors (Lipinski definition) is 1. The fourth-order valence-electron chi connectivity index (χ4n) is 4.22. The number of benzene rings is 2. The Balaban J connectivity index is 2.19. The number of halogens is 1. The maximum absolute atomic E-state index is 13.7. The number of para-hydroxylation sites is 1. The molecule has 8 nitrogen and oxygen atoms in total. The van der Waals surface area contributed by atoms with E-state index in [-0.39, 0.29) is 16.2 Å². The Morgan fingerprint density at radius 2 is 1.86 bits per heavy atom. The molecule has 1 atom stereocenters. The number of ketones is 1. The van der Waals surface area contributed by atoms with Crippen LogP contribution in [0.4, 0.5) is 0 Å². The molecule has 3 rings (SSSR count). The van der Waals surface area contributed by atoms with E-state index in [4.69, 9.17) is 25.8 Å². The number of ether oxygens (including phenoxy) is 3. The first-order valence-electron chi connectivity index (χ1n) is 11.4. The fourth-order valence-corrected chi connectivity index (χ4v) is 4.46. The number of amides is 1. The van der Waals surface area contributed by atoms with Gasteiger partial charge in [-0.3, -0.25) is 9.59 Å². The molecule has 1 heterocycles. The Bertz CT molecular complexity index is 1130. The second-order valence-electron chi connectivity index (χ2n) is 8.44. The minimum absolute atomic E-state index is 0.140. The van der Waals surface area contributed by atoms with E-state index in [0.29, 0.717) is 42.4 Å². The van der Waals surface area contributed by atoms with Gasteiger partial charge in [0.25, 0.3) is 5.91 Å². The molecular formula is C26H31ClN2O6. The van der Waals surface area contributed by atoms with Gasteiger partial charge in [0, 0.05) is 24.1 Å². The van der Waals surface area contributed by atoms with Crippen LogP contribution in [0.25, 0.3) is 5.76 Å². The third-order valence-corrected chi connectivity index (χ3v) is 6.12. The summed E-state index contributed by atoms with van der Waals surface area (Å²) >= 11 is 6.30. The van der Waals surface area contributed by atoms with Crippen LogP contribution in [-0.2, 0) is 9.59 Å². The van der Waals surface area contributed by atoms with Crippen molar-refractivity contribution in [3.05, 3.63) is 58.1 Å². The van der Waals surface area contributed by atoms with E-state index >= 15 is 0 Å². The molecule has 0 radical (unpaired) electrons. The number of rotatable bonds is 10. The molecule has 1 saturated heterocycles. The molecule has 0 spiro atoms. The van der Waals surface area contributed by atoms with Crippen molar-refractivity contribution in [3.8, 4) is 17.2 Å². The van der Waals surface area contributed by atoms with Crippen molar-refractivity contribution in [2.24, 2.45) is 0 Å². The first-order chi connectivity index (χ1) is 16.7. The maximum atomic E-state index is 13.7. The molecule has 1 aliphatic rings. The summed E-state index contributed by atoms with van der Waals surface area (Å²) in [4.78, 5) is 29.0. The molecule has 1 aliphatic heterocycles. The second kappa shape index (κ2) is 11.5. The van der Waals surface area contributed by atoms with Gasteiger partial charge in [0.05, 0.1) is 52.5 Å². The average molecular weight is 503 g/mol. The van der Waals surface area contributed by atoms with Crippen molar-refractivity contribution in [2.45, 2.75) is 19.4 Å². The highest BCUT2D eigenvalue weighted by Gasteiger charge is 2.45. The Labute approximate surface area is 210 Å². The van der Waals surface area contributed by atoms with E-state index in [2.05, 4.69) is 0 Å². The molecule has 2 aromatic carbocycles. The van der Waals surface area contributed by atoms with E-state index in [1.165, 1.54) is 30.1 Å². The number of likely N-dealkylation sites (tertiary alicyclic amines) is 1. The van der Waals surface area contributed by atoms with Gasteiger partial charge < -0.3 is 29.1 Å². The molecular weight excluding hydrogens is 472 g/mol. The second-order valence-corrected chi connectivity index (χ2v) is 8.85. The number of nitrogens with one attached hydrogen (secondary N) is 1. The number of carbonyl (C=O) groups excluding carboxylic acids is 2. The van der Waals surface area contributed by atoms with Crippen LogP contribution in [0.2, 0.25) is 5.02 Å². The zero-order chi connectivity index (χ0) is 25.7. The van der Waals surface area contributed by atoms with Crippen LogP contribution in [0.5, 0.6) is 17.2 Å². The Morgan fingerprint density at radius 1 is 1.11 bits per heavy atom. The highest BCUT2D eigenvalue weighted by molar-refractivity contribution is 6.46. The summed E-state index contributed by atoms with van der Waals surface area (Å²) in [6.45, 7) is 3.34. The van der Waals surface area contributed by atoms with E-state index in [0.717, 1.165) is 6.54 Å². The number of methoxy groups -OCH3 is 2. The molecule has 9 heteroatoms. The molecule has 0 aromatic heterocycles. The van der Waals surface area contributed by atoms with E-state index in [1.54, 1.807) is 30.3 Å². The van der Waals surface area contributed by atoms with Crippen LogP contribution in [0, 0.1) is 0 Å². The molecule has 1 amide bonds. The van der Waals surface area contributed by atoms with Crippen molar-refractivity contribution in [2.75, 3.05) is 48.0 Å². The van der Waals surface area contributed by atoms with Crippen LogP contribution in [0.3, 0.4) is 0 Å². The molecule has 1 N–H and O–H groups in total. The summed E-state index contributed by atoms with van der Waals surface area (Å²) in [5.74, 6) is -0.875. The zero-order valence-corrected chi connectivity index (χ0v) is 21.4. The highest BCUT2D eigenvalue weighted by atomic mass is 35.5. The number of hydrogen-bond acceptors (Lipinski definition) is 6. The Morgan fingerprint density at radius 3 is 2.46 bits per heavy atom. The van der Waals surface area contributed by atoms with Crippen LogP contribution < -0.4 is 24.2 Å². The molecule has 188 valence electrons. The zero-order valence-electron chi connectivity index (χ0n) is 20.6. The summed E-state index contributed by atoms with van der Waals surface area (Å²) in [6.07, 6.45) is 0.653. The van der Waals surface area contributed by atoms with Crippen LogP contribution in [-0.4, -0.2) is 64.6 Å². The Kier molecular flexibility index (Phi) is 8.64. The van der Waals surface area contributed by atoms with Gasteiger partial charge in [-0.05, 0) is 30.7 Å². The first kappa shape index (κ1) is 26.4. The largest absolute Gasteiger partial charge is 0.872 e. The predicted octanol–water partition coefficient (Wildman–Crippen LogP) is 1.51. The fraction of sp³-hybridized carbons (Fsp3) is 0.385. The number of nitrogens with zero attached hydrogens (tertiary/aromatic N) is 1. The lowest BCUT2D eigenvalue weighted by molar-refractivity contribution is -0.858. The number of quaternary nitrogens is 1. The van der Waals surface area contributed by atoms with Gasteiger partial charge in [-0.25, -0.2) is 0 Å². The predicted molar refractivity (Wildman–Crippen MR) is 131 cm³/mol. The summed E-state index contributed by atoms with van der Waals surface area (Å²) in [7, 11) is 7.00. The lowest BCUT2D eigenvalue weighted by Gasteiger charge is -2.29. The topological polar surface area (TPSA) is 92.6 Å². The van der Waals surface area contributed by atoms with Gasteiger partial charge in [-0.2, -0.15) is 0 Å². The van der Waals surface area contributed by atoms with Gasteiger partial charge >= 0.3 is 0 Å². The normalized spacial score (nSPS) is 17.2. The molecule has 0 aliphatic carbocycles. The van der Waals surface area contributed by atoms with E-state index in [1.807, 2.05) is 21.0 Å². The molecule has 35 heavy (non-hydrogen) atoms.